The normalized spacial score (nSPS) is 19.8. The van der Waals surface area contributed by atoms with E-state index in [0.717, 1.165) is 30.1 Å². The first-order valence-electron chi connectivity index (χ1n) is 7.36. The van der Waals surface area contributed by atoms with Gasteiger partial charge in [-0.05, 0) is 37.6 Å². The van der Waals surface area contributed by atoms with E-state index in [2.05, 4.69) is 22.5 Å². The molecule has 4 nitrogen and oxygen atoms in total. The first-order valence-corrected chi connectivity index (χ1v) is 8.62. The first kappa shape index (κ1) is 21.2. The molecule has 0 aliphatic carbocycles. The number of benzene rings is 1. The fourth-order valence-corrected chi connectivity index (χ4v) is 3.51. The number of rotatable bonds is 3. The van der Waals surface area contributed by atoms with Crippen LogP contribution in [0.1, 0.15) is 23.8 Å². The molecule has 0 saturated carbocycles. The molecule has 0 bridgehead atoms. The lowest BCUT2D eigenvalue weighted by Gasteiger charge is -2.29. The number of aromatic nitrogens is 1. The summed E-state index contributed by atoms with van der Waals surface area (Å²) in [5, 5.41) is 9.77. The highest BCUT2D eigenvalue weighted by Crippen LogP contribution is 2.25. The second-order valence-corrected chi connectivity index (χ2v) is 6.89. The van der Waals surface area contributed by atoms with E-state index in [9.17, 15) is 4.79 Å². The van der Waals surface area contributed by atoms with Crippen LogP contribution in [0.4, 0.5) is 0 Å². The summed E-state index contributed by atoms with van der Waals surface area (Å²) in [5.41, 5.74) is 1.46. The van der Waals surface area contributed by atoms with E-state index in [1.54, 1.807) is 0 Å². The largest absolute Gasteiger partial charge is 0.348 e. The van der Waals surface area contributed by atoms with Crippen molar-refractivity contribution in [3.8, 4) is 10.6 Å². The second kappa shape index (κ2) is 9.59. The lowest BCUT2D eigenvalue weighted by Crippen LogP contribution is -2.48. The summed E-state index contributed by atoms with van der Waals surface area (Å²) in [6.45, 7) is 4.04. The minimum absolute atomic E-state index is 0. The Hall–Kier alpha value is -0.850. The summed E-state index contributed by atoms with van der Waals surface area (Å²) in [6.07, 6.45) is 0.959. The average molecular weight is 409 g/mol. The maximum absolute atomic E-state index is 12.3. The molecular weight excluding hydrogens is 389 g/mol. The van der Waals surface area contributed by atoms with Gasteiger partial charge in [-0.2, -0.15) is 0 Å². The molecular formula is C16H20Cl3N3OS. The predicted molar refractivity (Wildman–Crippen MR) is 105 cm³/mol. The molecule has 1 fully saturated rings. The molecule has 2 aromatic rings. The number of hydrogen-bond acceptors (Lipinski definition) is 4. The first-order chi connectivity index (χ1) is 10.6. The van der Waals surface area contributed by atoms with E-state index in [-0.39, 0.29) is 36.8 Å². The predicted octanol–water partition coefficient (Wildman–Crippen LogP) is 4.03. The van der Waals surface area contributed by atoms with Gasteiger partial charge in [0.2, 0.25) is 0 Å². The van der Waals surface area contributed by atoms with Gasteiger partial charge in [-0.25, -0.2) is 4.98 Å². The van der Waals surface area contributed by atoms with Gasteiger partial charge < -0.3 is 10.6 Å². The molecule has 2 N–H and O–H groups in total. The van der Waals surface area contributed by atoms with Gasteiger partial charge >= 0.3 is 0 Å². The molecule has 1 aromatic carbocycles. The van der Waals surface area contributed by atoms with Crippen molar-refractivity contribution in [3.63, 3.8) is 0 Å². The number of thiazole rings is 1. The average Bonchev–Trinajstić information content (AvgIpc) is 3.00. The van der Waals surface area contributed by atoms with Crippen LogP contribution in [0.5, 0.6) is 0 Å². The Morgan fingerprint density at radius 3 is 2.71 bits per heavy atom. The summed E-state index contributed by atoms with van der Waals surface area (Å²) in [7, 11) is 0. The number of nitrogens with zero attached hydrogens (tertiary/aromatic N) is 1. The van der Waals surface area contributed by atoms with Gasteiger partial charge in [0.15, 0.2) is 0 Å². The Balaban J connectivity index is 0.00000144. The van der Waals surface area contributed by atoms with E-state index in [1.165, 1.54) is 11.3 Å². The maximum atomic E-state index is 12.3. The molecule has 24 heavy (non-hydrogen) atoms. The van der Waals surface area contributed by atoms with E-state index >= 15 is 0 Å². The number of halogens is 3. The van der Waals surface area contributed by atoms with Crippen LogP contribution in [0.3, 0.4) is 0 Å². The quantitative estimate of drug-likeness (QED) is 0.806. The summed E-state index contributed by atoms with van der Waals surface area (Å²) >= 11 is 7.36. The minimum atomic E-state index is -0.0878. The van der Waals surface area contributed by atoms with Crippen molar-refractivity contribution in [2.75, 3.05) is 13.1 Å². The standard InChI is InChI=1S/C16H18ClN3OS.2ClH/c1-10-8-18-7-6-13(10)19-15(21)14-9-22-16(20-14)11-2-4-12(17)5-3-11;;/h2-5,9-10,13,18H,6-8H2,1H3,(H,19,21);2*1H. The van der Waals surface area contributed by atoms with Gasteiger partial charge in [-0.1, -0.05) is 30.7 Å². The lowest BCUT2D eigenvalue weighted by atomic mass is 9.95. The van der Waals surface area contributed by atoms with E-state index < -0.39 is 0 Å². The zero-order valence-electron chi connectivity index (χ0n) is 13.1. The SMILES string of the molecule is CC1CNCCC1NC(=O)c1csc(-c2ccc(Cl)cc2)n1.Cl.Cl. The summed E-state index contributed by atoms with van der Waals surface area (Å²) in [5.74, 6) is 0.349. The van der Waals surface area contributed by atoms with Crippen LogP contribution in [-0.2, 0) is 0 Å². The second-order valence-electron chi connectivity index (χ2n) is 5.59. The third kappa shape index (κ3) is 5.07. The number of carbonyl (C=O) groups excluding carboxylic acids is 1. The van der Waals surface area contributed by atoms with Gasteiger partial charge in [0.05, 0.1) is 0 Å². The van der Waals surface area contributed by atoms with Gasteiger partial charge in [0.25, 0.3) is 5.91 Å². The molecule has 2 unspecified atom stereocenters. The Morgan fingerprint density at radius 2 is 2.04 bits per heavy atom. The highest BCUT2D eigenvalue weighted by atomic mass is 35.5. The molecule has 1 aliphatic rings. The zero-order chi connectivity index (χ0) is 15.5. The third-order valence-electron chi connectivity index (χ3n) is 3.93. The smallest absolute Gasteiger partial charge is 0.271 e. The Morgan fingerprint density at radius 1 is 1.33 bits per heavy atom. The van der Waals surface area contributed by atoms with Crippen molar-refractivity contribution in [2.24, 2.45) is 5.92 Å². The Bertz CT molecular complexity index is 663. The monoisotopic (exact) mass is 407 g/mol. The van der Waals surface area contributed by atoms with Crippen LogP contribution in [0.2, 0.25) is 5.02 Å². The van der Waals surface area contributed by atoms with Crippen LogP contribution >= 0.6 is 47.8 Å². The molecule has 1 aromatic heterocycles. The van der Waals surface area contributed by atoms with E-state index in [0.29, 0.717) is 16.6 Å². The number of carbonyl (C=O) groups is 1. The van der Waals surface area contributed by atoms with Crippen molar-refractivity contribution in [1.29, 1.82) is 0 Å². The highest BCUT2D eigenvalue weighted by Gasteiger charge is 2.24. The van der Waals surface area contributed by atoms with Gasteiger partial charge in [0.1, 0.15) is 10.7 Å². The Kier molecular flexibility index (Phi) is 8.46. The number of hydrogen-bond donors (Lipinski definition) is 2. The number of nitrogens with one attached hydrogen (secondary N) is 2. The highest BCUT2D eigenvalue weighted by molar-refractivity contribution is 7.13. The summed E-state index contributed by atoms with van der Waals surface area (Å²) in [6, 6.07) is 7.70. The topological polar surface area (TPSA) is 54.0 Å². The van der Waals surface area contributed by atoms with Crippen LogP contribution in [-0.4, -0.2) is 30.0 Å². The number of piperidine rings is 1. The van der Waals surface area contributed by atoms with Crippen LogP contribution < -0.4 is 10.6 Å². The zero-order valence-corrected chi connectivity index (χ0v) is 16.3. The summed E-state index contributed by atoms with van der Waals surface area (Å²) in [4.78, 5) is 16.8. The van der Waals surface area contributed by atoms with E-state index in [4.69, 9.17) is 11.6 Å². The Labute approximate surface area is 163 Å². The fraction of sp³-hybridized carbons (Fsp3) is 0.375. The molecule has 132 valence electrons. The van der Waals surface area contributed by atoms with E-state index in [1.807, 2.05) is 29.6 Å². The molecule has 1 saturated heterocycles. The van der Waals surface area contributed by atoms with Crippen LogP contribution in [0.25, 0.3) is 10.6 Å². The van der Waals surface area contributed by atoms with Gasteiger partial charge in [0, 0.05) is 22.0 Å². The number of amides is 1. The molecule has 1 amide bonds. The molecule has 0 spiro atoms. The minimum Gasteiger partial charge on any atom is -0.348 e. The van der Waals surface area contributed by atoms with Crippen LogP contribution in [0, 0.1) is 5.92 Å². The third-order valence-corrected chi connectivity index (χ3v) is 5.07. The molecule has 3 rings (SSSR count). The van der Waals surface area contributed by atoms with Gasteiger partial charge in [-0.3, -0.25) is 4.79 Å². The van der Waals surface area contributed by atoms with Gasteiger partial charge in [-0.15, -0.1) is 36.2 Å². The fourth-order valence-electron chi connectivity index (χ4n) is 2.57. The lowest BCUT2D eigenvalue weighted by molar-refractivity contribution is 0.0910. The van der Waals surface area contributed by atoms with Crippen molar-refractivity contribution in [2.45, 2.75) is 19.4 Å². The van der Waals surface area contributed by atoms with Crippen molar-refractivity contribution >= 4 is 53.7 Å². The molecule has 0 radical (unpaired) electrons. The van der Waals surface area contributed by atoms with Crippen molar-refractivity contribution < 1.29 is 4.79 Å². The van der Waals surface area contributed by atoms with Crippen molar-refractivity contribution in [3.05, 3.63) is 40.4 Å². The molecule has 1 aliphatic heterocycles. The molecule has 8 heteroatoms. The molecule has 2 atom stereocenters. The van der Waals surface area contributed by atoms with Crippen molar-refractivity contribution in [1.82, 2.24) is 15.6 Å². The summed E-state index contributed by atoms with van der Waals surface area (Å²) < 4.78 is 0. The van der Waals surface area contributed by atoms with Crippen LogP contribution in [0.15, 0.2) is 29.6 Å². The molecule has 2 heterocycles. The maximum Gasteiger partial charge on any atom is 0.271 e.